The number of hydrogen-bond donors (Lipinski definition) is 1. The Bertz CT molecular complexity index is 200. The van der Waals surface area contributed by atoms with Crippen LogP contribution in [-0.4, -0.2) is 42.4 Å². The third kappa shape index (κ3) is 3.51. The van der Waals surface area contributed by atoms with Crippen LogP contribution in [0, 0.1) is 0 Å². The fourth-order valence-corrected chi connectivity index (χ4v) is 1.57. The highest BCUT2D eigenvalue weighted by Gasteiger charge is 2.23. The van der Waals surface area contributed by atoms with Crippen LogP contribution in [-0.2, 0) is 9.53 Å². The highest BCUT2D eigenvalue weighted by atomic mass is 16.5. The van der Waals surface area contributed by atoms with E-state index in [-0.39, 0.29) is 13.2 Å². The molecule has 14 heavy (non-hydrogen) atoms. The van der Waals surface area contributed by atoms with Crippen LogP contribution in [0.2, 0.25) is 6.82 Å². The van der Waals surface area contributed by atoms with E-state index in [9.17, 15) is 9.82 Å². The second kappa shape index (κ2) is 5.83. The van der Waals surface area contributed by atoms with Gasteiger partial charge in [0.05, 0.1) is 6.26 Å². The zero-order valence-corrected chi connectivity index (χ0v) is 8.43. The molecule has 0 aromatic carbocycles. The van der Waals surface area contributed by atoms with Gasteiger partial charge in [-0.2, -0.15) is 0 Å². The molecule has 1 aliphatic rings. The lowest BCUT2D eigenvalue weighted by atomic mass is 9.82. The van der Waals surface area contributed by atoms with E-state index in [0.717, 1.165) is 25.9 Å². The van der Waals surface area contributed by atoms with E-state index >= 15 is 0 Å². The summed E-state index contributed by atoms with van der Waals surface area (Å²) >= 11 is 0. The third-order valence-electron chi connectivity index (χ3n) is 2.43. The second-order valence-corrected chi connectivity index (χ2v) is 3.47. The average molecular weight is 197 g/mol. The molecule has 1 rings (SSSR count). The minimum absolute atomic E-state index is 0.182. The predicted octanol–water partition coefficient (Wildman–Crippen LogP) is 0.290. The normalized spacial score (nSPS) is 19.9. The van der Waals surface area contributed by atoms with E-state index < -0.39 is 0 Å². The summed E-state index contributed by atoms with van der Waals surface area (Å²) in [6, 6.07) is 0. The van der Waals surface area contributed by atoms with Gasteiger partial charge in [-0.1, -0.05) is 0 Å². The SMILES string of the molecule is CB(O)N1CCC(O/C=C/C=O)CC1. The van der Waals surface area contributed by atoms with Gasteiger partial charge in [-0.25, -0.2) is 0 Å². The van der Waals surface area contributed by atoms with Crippen LogP contribution in [0.1, 0.15) is 12.8 Å². The van der Waals surface area contributed by atoms with Gasteiger partial charge in [-0.05, 0) is 32.8 Å². The van der Waals surface area contributed by atoms with Crippen LogP contribution in [0.3, 0.4) is 0 Å². The van der Waals surface area contributed by atoms with Gasteiger partial charge in [-0.15, -0.1) is 0 Å². The van der Waals surface area contributed by atoms with Crippen LogP contribution in [0.4, 0.5) is 0 Å². The standard InChI is InChI=1S/C9H16BNO3/c1-10(13)11-5-3-9(4-6-11)14-8-2-7-12/h2,7-9,13H,3-6H2,1H3/b8-2+. The van der Waals surface area contributed by atoms with E-state index in [2.05, 4.69) is 0 Å². The Kier molecular flexibility index (Phi) is 4.69. The molecule has 78 valence electrons. The van der Waals surface area contributed by atoms with E-state index in [1.807, 2.05) is 4.81 Å². The largest absolute Gasteiger partial charge is 0.498 e. The van der Waals surface area contributed by atoms with Crippen molar-refractivity contribution in [3.8, 4) is 0 Å². The highest BCUT2D eigenvalue weighted by molar-refractivity contribution is 6.45. The minimum atomic E-state index is -0.374. The van der Waals surface area contributed by atoms with Crippen molar-refractivity contribution in [3.05, 3.63) is 12.3 Å². The molecule has 5 heteroatoms. The molecule has 0 aromatic heterocycles. The van der Waals surface area contributed by atoms with Crippen LogP contribution in [0.15, 0.2) is 12.3 Å². The van der Waals surface area contributed by atoms with Gasteiger partial charge in [0.1, 0.15) is 12.4 Å². The molecule has 0 unspecified atom stereocenters. The summed E-state index contributed by atoms with van der Waals surface area (Å²) in [5, 5.41) is 9.30. The van der Waals surface area contributed by atoms with E-state index in [1.165, 1.54) is 12.3 Å². The summed E-state index contributed by atoms with van der Waals surface area (Å²) in [6.07, 6.45) is 5.46. The fraction of sp³-hybridized carbons (Fsp3) is 0.667. The van der Waals surface area contributed by atoms with E-state index in [0.29, 0.717) is 6.29 Å². The van der Waals surface area contributed by atoms with Gasteiger partial charge in [0.2, 0.25) is 0 Å². The summed E-state index contributed by atoms with van der Waals surface area (Å²) < 4.78 is 5.33. The van der Waals surface area contributed by atoms with Crippen molar-refractivity contribution in [2.24, 2.45) is 0 Å². The van der Waals surface area contributed by atoms with Gasteiger partial charge in [0.15, 0.2) is 0 Å². The average Bonchev–Trinajstić information content (AvgIpc) is 2.19. The number of ether oxygens (including phenoxy) is 1. The van der Waals surface area contributed by atoms with Gasteiger partial charge in [0.25, 0.3) is 0 Å². The molecule has 0 atom stereocenters. The van der Waals surface area contributed by atoms with E-state index in [4.69, 9.17) is 4.74 Å². The second-order valence-electron chi connectivity index (χ2n) is 3.47. The van der Waals surface area contributed by atoms with Crippen LogP contribution in [0.25, 0.3) is 0 Å². The molecule has 0 spiro atoms. The van der Waals surface area contributed by atoms with Crippen LogP contribution in [0.5, 0.6) is 0 Å². The molecule has 0 amide bonds. The first kappa shape index (κ1) is 11.3. The number of hydrogen-bond acceptors (Lipinski definition) is 4. The summed E-state index contributed by atoms with van der Waals surface area (Å²) in [6.45, 7) is 3.46. The maximum absolute atomic E-state index is 9.98. The topological polar surface area (TPSA) is 49.8 Å². The molecule has 1 heterocycles. The number of nitrogens with zero attached hydrogens (tertiary/aromatic N) is 1. The Hall–Kier alpha value is -0.805. The van der Waals surface area contributed by atoms with Crippen molar-refractivity contribution in [2.75, 3.05) is 13.1 Å². The summed E-state index contributed by atoms with van der Waals surface area (Å²) in [5.74, 6) is 0. The van der Waals surface area contributed by atoms with Crippen molar-refractivity contribution in [1.29, 1.82) is 0 Å². The summed E-state index contributed by atoms with van der Waals surface area (Å²) in [4.78, 5) is 12.0. The number of piperidine rings is 1. The first-order valence-corrected chi connectivity index (χ1v) is 4.92. The number of allylic oxidation sites excluding steroid dienone is 1. The van der Waals surface area contributed by atoms with Crippen LogP contribution < -0.4 is 0 Å². The Labute approximate surface area is 84.7 Å². The first-order chi connectivity index (χ1) is 6.74. The third-order valence-corrected chi connectivity index (χ3v) is 2.43. The van der Waals surface area contributed by atoms with Crippen molar-refractivity contribution in [3.63, 3.8) is 0 Å². The van der Waals surface area contributed by atoms with Crippen molar-refractivity contribution >= 4 is 13.3 Å². The molecule has 1 aliphatic heterocycles. The molecule has 0 saturated carbocycles. The summed E-state index contributed by atoms with van der Waals surface area (Å²) in [7, 11) is -0.374. The molecular weight excluding hydrogens is 181 g/mol. The van der Waals surface area contributed by atoms with Gasteiger partial charge in [-0.3, -0.25) is 4.79 Å². The van der Waals surface area contributed by atoms with Crippen molar-refractivity contribution in [2.45, 2.75) is 25.8 Å². The van der Waals surface area contributed by atoms with Crippen molar-refractivity contribution in [1.82, 2.24) is 4.81 Å². The lowest BCUT2D eigenvalue weighted by Gasteiger charge is -2.31. The maximum Gasteiger partial charge on any atom is 0.376 e. The molecule has 0 aliphatic carbocycles. The minimum Gasteiger partial charge on any atom is -0.498 e. The Morgan fingerprint density at radius 3 is 2.64 bits per heavy atom. The van der Waals surface area contributed by atoms with Crippen molar-refractivity contribution < 1.29 is 14.6 Å². The van der Waals surface area contributed by atoms with Gasteiger partial charge >= 0.3 is 7.05 Å². The molecule has 0 aromatic rings. The molecule has 0 radical (unpaired) electrons. The van der Waals surface area contributed by atoms with Gasteiger partial charge in [0, 0.05) is 6.08 Å². The number of carbonyl (C=O) groups excluding carboxylic acids is 1. The van der Waals surface area contributed by atoms with Gasteiger partial charge < -0.3 is 14.6 Å². The zero-order valence-electron chi connectivity index (χ0n) is 8.43. The quantitative estimate of drug-likeness (QED) is 0.304. The number of rotatable bonds is 4. The monoisotopic (exact) mass is 197 g/mol. The zero-order chi connectivity index (χ0) is 10.4. The maximum atomic E-state index is 9.98. The predicted molar refractivity (Wildman–Crippen MR) is 54.7 cm³/mol. The lowest BCUT2D eigenvalue weighted by molar-refractivity contribution is -0.104. The Morgan fingerprint density at radius 1 is 1.50 bits per heavy atom. The fourth-order valence-electron chi connectivity index (χ4n) is 1.57. The summed E-state index contributed by atoms with van der Waals surface area (Å²) in [5.41, 5.74) is 0. The molecule has 1 fully saturated rings. The molecule has 0 bridgehead atoms. The molecule has 4 nitrogen and oxygen atoms in total. The Balaban J connectivity index is 2.22. The first-order valence-electron chi connectivity index (χ1n) is 4.92. The number of aldehydes is 1. The van der Waals surface area contributed by atoms with Crippen LogP contribution >= 0.6 is 0 Å². The Morgan fingerprint density at radius 2 is 2.14 bits per heavy atom. The molecule has 1 saturated heterocycles. The molecular formula is C9H16BNO3. The van der Waals surface area contributed by atoms with E-state index in [1.54, 1.807) is 6.82 Å². The highest BCUT2D eigenvalue weighted by Crippen LogP contribution is 2.14. The lowest BCUT2D eigenvalue weighted by Crippen LogP contribution is -2.44. The molecule has 1 N–H and O–H groups in total. The smallest absolute Gasteiger partial charge is 0.376 e. The number of carbonyl (C=O) groups is 1.